The highest BCUT2D eigenvalue weighted by atomic mass is 32.2. The third-order valence-electron chi connectivity index (χ3n) is 5.81. The summed E-state index contributed by atoms with van der Waals surface area (Å²) in [5.41, 5.74) is 2.49. The average molecular weight is 374 g/mol. The summed E-state index contributed by atoms with van der Waals surface area (Å²) in [4.78, 5) is 7.49. The zero-order valence-corrected chi connectivity index (χ0v) is 15.4. The van der Waals surface area contributed by atoms with Gasteiger partial charge in [-0.2, -0.15) is 0 Å². The van der Waals surface area contributed by atoms with Gasteiger partial charge >= 0.3 is 0 Å². The van der Waals surface area contributed by atoms with E-state index in [4.69, 9.17) is 0 Å². The van der Waals surface area contributed by atoms with Crippen molar-refractivity contribution in [1.29, 1.82) is 0 Å². The first-order chi connectivity index (χ1) is 12.6. The van der Waals surface area contributed by atoms with Crippen molar-refractivity contribution >= 4 is 26.8 Å². The van der Waals surface area contributed by atoms with E-state index in [9.17, 15) is 8.42 Å². The summed E-state index contributed by atoms with van der Waals surface area (Å²) in [6.07, 6.45) is 7.76. The number of nitrogens with zero attached hydrogens (tertiary/aromatic N) is 4. The molecule has 2 aliphatic carbocycles. The number of nitrogens with one attached hydrogen (secondary N) is 2. The van der Waals surface area contributed by atoms with E-state index in [2.05, 4.69) is 36.2 Å². The van der Waals surface area contributed by atoms with E-state index >= 15 is 0 Å². The minimum Gasteiger partial charge on any atom is -0.345 e. The molecule has 3 unspecified atom stereocenters. The highest BCUT2D eigenvalue weighted by Crippen LogP contribution is 2.42. The number of H-pyrrole nitrogens is 1. The molecule has 9 heteroatoms. The number of hydrogen-bond acceptors (Lipinski definition) is 5. The lowest BCUT2D eigenvalue weighted by molar-refractivity contribution is 0.449. The molecule has 0 amide bonds. The van der Waals surface area contributed by atoms with Gasteiger partial charge in [-0.25, -0.2) is 18.1 Å². The lowest BCUT2D eigenvalue weighted by Gasteiger charge is -2.16. The minimum atomic E-state index is -3.17. The summed E-state index contributed by atoms with van der Waals surface area (Å²) in [5, 5.41) is 8.58. The second-order valence-corrected chi connectivity index (χ2v) is 9.52. The molecular formula is C17H22N6O2S. The number of aromatic nitrogens is 5. The molecule has 2 saturated carbocycles. The topological polar surface area (TPSA) is 105 Å². The average Bonchev–Trinajstić information content (AvgIpc) is 3.06. The maximum Gasteiger partial charge on any atom is 0.214 e. The van der Waals surface area contributed by atoms with Crippen LogP contribution in [0.2, 0.25) is 0 Å². The zero-order valence-electron chi connectivity index (χ0n) is 14.6. The first-order valence-corrected chi connectivity index (χ1v) is 10.8. The maximum absolute atomic E-state index is 12.3. The molecule has 2 N–H and O–H groups in total. The van der Waals surface area contributed by atoms with E-state index in [0.717, 1.165) is 54.7 Å². The van der Waals surface area contributed by atoms with E-state index in [1.54, 1.807) is 6.20 Å². The Hall–Kier alpha value is -2.00. The fraction of sp³-hybridized carbons (Fsp3) is 0.588. The van der Waals surface area contributed by atoms with Crippen molar-refractivity contribution in [2.75, 3.05) is 0 Å². The predicted molar refractivity (Wildman–Crippen MR) is 97.3 cm³/mol. The van der Waals surface area contributed by atoms with E-state index in [0.29, 0.717) is 5.92 Å². The molecule has 2 fully saturated rings. The minimum absolute atomic E-state index is 0.0218. The van der Waals surface area contributed by atoms with Gasteiger partial charge in [0.15, 0.2) is 11.3 Å². The Morgan fingerprint density at radius 3 is 2.92 bits per heavy atom. The van der Waals surface area contributed by atoms with Crippen LogP contribution < -0.4 is 4.72 Å². The van der Waals surface area contributed by atoms with E-state index in [1.807, 2.05) is 12.3 Å². The van der Waals surface area contributed by atoms with Crippen LogP contribution in [0.25, 0.3) is 16.8 Å². The molecule has 3 atom stereocenters. The van der Waals surface area contributed by atoms with E-state index in [-0.39, 0.29) is 17.2 Å². The maximum atomic E-state index is 12.3. The van der Waals surface area contributed by atoms with Gasteiger partial charge in [0, 0.05) is 18.2 Å². The van der Waals surface area contributed by atoms with Gasteiger partial charge in [-0.1, -0.05) is 13.3 Å². The van der Waals surface area contributed by atoms with Crippen LogP contribution in [0.4, 0.5) is 0 Å². The van der Waals surface area contributed by atoms with Gasteiger partial charge in [-0.05, 0) is 37.7 Å². The van der Waals surface area contributed by atoms with Crippen LogP contribution in [0.1, 0.15) is 50.8 Å². The molecule has 0 aliphatic heterocycles. The Kier molecular flexibility index (Phi) is 3.58. The quantitative estimate of drug-likeness (QED) is 0.710. The van der Waals surface area contributed by atoms with Crippen LogP contribution in [-0.4, -0.2) is 44.3 Å². The predicted octanol–water partition coefficient (Wildman–Crippen LogP) is 1.96. The van der Waals surface area contributed by atoms with Crippen LogP contribution in [0.3, 0.4) is 0 Å². The molecule has 3 heterocycles. The molecule has 2 aliphatic rings. The van der Waals surface area contributed by atoms with Crippen LogP contribution in [0.15, 0.2) is 18.5 Å². The molecule has 0 aromatic carbocycles. The van der Waals surface area contributed by atoms with Crippen LogP contribution >= 0.6 is 0 Å². The first kappa shape index (κ1) is 16.2. The number of rotatable bonds is 5. The summed E-state index contributed by atoms with van der Waals surface area (Å²) < 4.78 is 29.7. The lowest BCUT2D eigenvalue weighted by atomic mass is 9.93. The van der Waals surface area contributed by atoms with Crippen molar-refractivity contribution in [2.24, 2.45) is 5.92 Å². The number of aromatic amines is 1. The largest absolute Gasteiger partial charge is 0.345 e. The molecule has 0 bridgehead atoms. The summed E-state index contributed by atoms with van der Waals surface area (Å²) in [6, 6.07) is 1.96. The molecular weight excluding hydrogens is 352 g/mol. The summed E-state index contributed by atoms with van der Waals surface area (Å²) >= 11 is 0. The van der Waals surface area contributed by atoms with Gasteiger partial charge in [-0.15, -0.1) is 10.2 Å². The third kappa shape index (κ3) is 2.52. The SMILES string of the molecule is CCC1CC(NS(=O)(=O)C2CC2)CC1c1nnc2cnc3[nH]ccc3n12. The Bertz CT molecular complexity index is 1070. The molecule has 26 heavy (non-hydrogen) atoms. The Balaban J connectivity index is 1.50. The molecule has 0 radical (unpaired) electrons. The van der Waals surface area contributed by atoms with Gasteiger partial charge in [0.1, 0.15) is 5.82 Å². The van der Waals surface area contributed by atoms with Crippen molar-refractivity contribution in [2.45, 2.75) is 56.2 Å². The van der Waals surface area contributed by atoms with E-state index < -0.39 is 10.0 Å². The third-order valence-corrected chi connectivity index (χ3v) is 7.82. The smallest absolute Gasteiger partial charge is 0.214 e. The Morgan fingerprint density at radius 2 is 2.15 bits per heavy atom. The van der Waals surface area contributed by atoms with Crippen molar-refractivity contribution in [3.8, 4) is 0 Å². The normalized spacial score (nSPS) is 26.9. The van der Waals surface area contributed by atoms with E-state index in [1.165, 1.54) is 0 Å². The van der Waals surface area contributed by atoms with Crippen molar-refractivity contribution in [3.05, 3.63) is 24.3 Å². The molecule has 138 valence electrons. The highest BCUT2D eigenvalue weighted by molar-refractivity contribution is 7.90. The van der Waals surface area contributed by atoms with Crippen molar-refractivity contribution < 1.29 is 8.42 Å². The Morgan fingerprint density at radius 1 is 1.31 bits per heavy atom. The fourth-order valence-electron chi connectivity index (χ4n) is 4.33. The second kappa shape index (κ2) is 5.75. The number of sulfonamides is 1. The first-order valence-electron chi connectivity index (χ1n) is 9.25. The standard InChI is InChI=1S/C17H22N6O2S/c1-2-10-7-11(22-26(24,25)12-3-4-12)8-13(10)17-21-20-15-9-19-16-14(23(15)17)5-6-18-16/h5-6,9-13,18,22H,2-4,7-8H2,1H3. The van der Waals surface area contributed by atoms with Gasteiger partial charge in [-0.3, -0.25) is 4.40 Å². The number of hydrogen-bond donors (Lipinski definition) is 2. The highest BCUT2D eigenvalue weighted by Gasteiger charge is 2.42. The van der Waals surface area contributed by atoms with Gasteiger partial charge in [0.25, 0.3) is 0 Å². The lowest BCUT2D eigenvalue weighted by Crippen LogP contribution is -2.35. The second-order valence-electron chi connectivity index (χ2n) is 7.53. The van der Waals surface area contributed by atoms with Crippen molar-refractivity contribution in [3.63, 3.8) is 0 Å². The van der Waals surface area contributed by atoms with Crippen LogP contribution in [-0.2, 0) is 10.0 Å². The van der Waals surface area contributed by atoms with Crippen LogP contribution in [0.5, 0.6) is 0 Å². The Labute approximate surface area is 151 Å². The summed E-state index contributed by atoms with van der Waals surface area (Å²) in [7, 11) is -3.17. The van der Waals surface area contributed by atoms with Gasteiger partial charge in [0.05, 0.1) is 17.0 Å². The molecule has 3 aromatic rings. The number of fused-ring (bicyclic) bond motifs is 3. The summed E-state index contributed by atoms with van der Waals surface area (Å²) in [5.74, 6) is 1.48. The van der Waals surface area contributed by atoms with Gasteiger partial charge < -0.3 is 4.98 Å². The fourth-order valence-corrected chi connectivity index (χ4v) is 5.94. The molecule has 8 nitrogen and oxygen atoms in total. The van der Waals surface area contributed by atoms with Gasteiger partial charge in [0.2, 0.25) is 10.0 Å². The molecule has 5 rings (SSSR count). The molecule has 3 aromatic heterocycles. The zero-order chi connectivity index (χ0) is 17.9. The summed E-state index contributed by atoms with van der Waals surface area (Å²) in [6.45, 7) is 2.16. The van der Waals surface area contributed by atoms with Crippen molar-refractivity contribution in [1.82, 2.24) is 29.3 Å². The molecule has 0 spiro atoms. The van der Waals surface area contributed by atoms with Crippen LogP contribution in [0, 0.1) is 5.92 Å². The monoisotopic (exact) mass is 374 g/mol. The molecule has 0 saturated heterocycles.